The molecule has 1 aromatic carbocycles. The molecule has 0 aromatic heterocycles. The third-order valence-corrected chi connectivity index (χ3v) is 2.41. The zero-order valence-electron chi connectivity index (χ0n) is 11.4. The van der Waals surface area contributed by atoms with Gasteiger partial charge in [-0.2, -0.15) is 0 Å². The van der Waals surface area contributed by atoms with Crippen molar-refractivity contribution in [3.63, 3.8) is 0 Å². The number of nitrogens with one attached hydrogen (secondary N) is 2. The molecule has 108 valence electrons. The molecule has 1 rings (SSSR count). The fraction of sp³-hybridized carbons (Fsp3) is 0.385. The number of hydrogen-bond donors (Lipinski definition) is 2. The lowest BCUT2D eigenvalue weighted by molar-refractivity contribution is -0.384. The number of benzene rings is 1. The van der Waals surface area contributed by atoms with Crippen molar-refractivity contribution >= 4 is 17.5 Å². The second-order valence-corrected chi connectivity index (χ2v) is 4.54. The van der Waals surface area contributed by atoms with Crippen LogP contribution in [0, 0.1) is 10.1 Å². The molecule has 0 heterocycles. The van der Waals surface area contributed by atoms with E-state index in [0.29, 0.717) is 0 Å². The number of non-ortho nitro benzene ring substituents is 1. The van der Waals surface area contributed by atoms with Crippen molar-refractivity contribution < 1.29 is 14.5 Å². The Labute approximate surface area is 116 Å². The molecule has 0 radical (unpaired) electrons. The number of amides is 2. The van der Waals surface area contributed by atoms with Crippen LogP contribution in [0.25, 0.3) is 0 Å². The molecule has 0 aliphatic heterocycles. The molecule has 0 bridgehead atoms. The van der Waals surface area contributed by atoms with Gasteiger partial charge in [-0.3, -0.25) is 19.7 Å². The minimum atomic E-state index is -0.563. The van der Waals surface area contributed by atoms with Gasteiger partial charge in [0.2, 0.25) is 5.91 Å². The van der Waals surface area contributed by atoms with Gasteiger partial charge >= 0.3 is 0 Å². The smallest absolute Gasteiger partial charge is 0.270 e. The number of nitro groups is 1. The fourth-order valence-electron chi connectivity index (χ4n) is 1.55. The van der Waals surface area contributed by atoms with E-state index in [4.69, 9.17) is 0 Å². The average Bonchev–Trinajstić information content (AvgIpc) is 2.37. The standard InChI is InChI=1S/C13H17N3O4/c1-9(2)15-12(17)6-7-14-13(18)10-4-3-5-11(8-10)16(19)20/h3-5,8-9H,6-7H2,1-2H3,(H,14,18)(H,15,17). The highest BCUT2D eigenvalue weighted by atomic mass is 16.6. The predicted octanol–water partition coefficient (Wildman–Crippen LogP) is 1.24. The van der Waals surface area contributed by atoms with Crippen LogP contribution in [0.2, 0.25) is 0 Å². The van der Waals surface area contributed by atoms with E-state index in [-0.39, 0.29) is 36.2 Å². The van der Waals surface area contributed by atoms with Crippen molar-refractivity contribution in [3.8, 4) is 0 Å². The van der Waals surface area contributed by atoms with E-state index in [2.05, 4.69) is 10.6 Å². The summed E-state index contributed by atoms with van der Waals surface area (Å²) in [7, 11) is 0. The van der Waals surface area contributed by atoms with Gasteiger partial charge in [0.25, 0.3) is 11.6 Å². The lowest BCUT2D eigenvalue weighted by atomic mass is 10.2. The molecular weight excluding hydrogens is 262 g/mol. The summed E-state index contributed by atoms with van der Waals surface area (Å²) in [5.41, 5.74) is 0.0543. The minimum absolute atomic E-state index is 0.0509. The molecule has 1 aromatic rings. The Morgan fingerprint density at radius 3 is 2.65 bits per heavy atom. The van der Waals surface area contributed by atoms with Gasteiger partial charge in [-0.05, 0) is 19.9 Å². The van der Waals surface area contributed by atoms with Gasteiger partial charge < -0.3 is 10.6 Å². The Morgan fingerprint density at radius 1 is 1.35 bits per heavy atom. The number of nitro benzene ring substituents is 1. The van der Waals surface area contributed by atoms with Gasteiger partial charge in [0.15, 0.2) is 0 Å². The first-order chi connectivity index (χ1) is 9.40. The second kappa shape index (κ2) is 7.22. The number of nitrogens with zero attached hydrogens (tertiary/aromatic N) is 1. The first-order valence-electron chi connectivity index (χ1n) is 6.22. The highest BCUT2D eigenvalue weighted by Gasteiger charge is 2.11. The monoisotopic (exact) mass is 279 g/mol. The third kappa shape index (κ3) is 5.05. The van der Waals surface area contributed by atoms with E-state index in [9.17, 15) is 19.7 Å². The van der Waals surface area contributed by atoms with Crippen LogP contribution in [-0.2, 0) is 4.79 Å². The van der Waals surface area contributed by atoms with Gasteiger partial charge in [-0.25, -0.2) is 0 Å². The van der Waals surface area contributed by atoms with E-state index in [1.165, 1.54) is 24.3 Å². The largest absolute Gasteiger partial charge is 0.354 e. The SMILES string of the molecule is CC(C)NC(=O)CCNC(=O)c1cccc([N+](=O)[O-])c1. The van der Waals surface area contributed by atoms with E-state index < -0.39 is 10.8 Å². The molecule has 2 amide bonds. The highest BCUT2D eigenvalue weighted by Crippen LogP contribution is 2.12. The van der Waals surface area contributed by atoms with Crippen LogP contribution < -0.4 is 10.6 Å². The zero-order chi connectivity index (χ0) is 15.1. The van der Waals surface area contributed by atoms with Crippen molar-refractivity contribution in [2.24, 2.45) is 0 Å². The number of carbonyl (C=O) groups excluding carboxylic acids is 2. The highest BCUT2D eigenvalue weighted by molar-refractivity contribution is 5.95. The molecule has 0 aliphatic rings. The van der Waals surface area contributed by atoms with Crippen LogP contribution in [0.15, 0.2) is 24.3 Å². The quantitative estimate of drug-likeness (QED) is 0.604. The van der Waals surface area contributed by atoms with E-state index >= 15 is 0 Å². The summed E-state index contributed by atoms with van der Waals surface area (Å²) in [5, 5.41) is 15.9. The maximum absolute atomic E-state index is 11.8. The van der Waals surface area contributed by atoms with Gasteiger partial charge in [0.05, 0.1) is 4.92 Å². The molecule has 7 heteroatoms. The molecule has 2 N–H and O–H groups in total. The van der Waals surface area contributed by atoms with Crippen molar-refractivity contribution in [1.82, 2.24) is 10.6 Å². The number of carbonyl (C=O) groups is 2. The first kappa shape index (κ1) is 15.6. The maximum Gasteiger partial charge on any atom is 0.270 e. The van der Waals surface area contributed by atoms with Gasteiger partial charge in [0.1, 0.15) is 0 Å². The molecule has 0 unspecified atom stereocenters. The predicted molar refractivity (Wildman–Crippen MR) is 73.3 cm³/mol. The summed E-state index contributed by atoms with van der Waals surface area (Å²) >= 11 is 0. The first-order valence-corrected chi connectivity index (χ1v) is 6.22. The lowest BCUT2D eigenvalue weighted by Crippen LogP contribution is -2.34. The number of rotatable bonds is 6. The van der Waals surface area contributed by atoms with Crippen LogP contribution in [0.1, 0.15) is 30.6 Å². The van der Waals surface area contributed by atoms with Crippen LogP contribution in [0.4, 0.5) is 5.69 Å². The van der Waals surface area contributed by atoms with E-state index in [1.54, 1.807) is 0 Å². The molecule has 0 spiro atoms. The van der Waals surface area contributed by atoms with Crippen LogP contribution in [-0.4, -0.2) is 29.3 Å². The summed E-state index contributed by atoms with van der Waals surface area (Å²) in [6, 6.07) is 5.49. The van der Waals surface area contributed by atoms with Gasteiger partial charge in [-0.1, -0.05) is 6.07 Å². The Balaban J connectivity index is 2.49. The molecule has 0 atom stereocenters. The molecule has 0 saturated carbocycles. The Bertz CT molecular complexity index is 514. The zero-order valence-corrected chi connectivity index (χ0v) is 11.4. The van der Waals surface area contributed by atoms with Crippen molar-refractivity contribution in [1.29, 1.82) is 0 Å². The van der Waals surface area contributed by atoms with Gasteiger partial charge in [-0.15, -0.1) is 0 Å². The van der Waals surface area contributed by atoms with Crippen LogP contribution in [0.3, 0.4) is 0 Å². The third-order valence-electron chi connectivity index (χ3n) is 2.41. The van der Waals surface area contributed by atoms with E-state index in [0.717, 1.165) is 0 Å². The summed E-state index contributed by atoms with van der Waals surface area (Å²) < 4.78 is 0. The fourth-order valence-corrected chi connectivity index (χ4v) is 1.55. The number of hydrogen-bond acceptors (Lipinski definition) is 4. The molecule has 20 heavy (non-hydrogen) atoms. The van der Waals surface area contributed by atoms with Crippen molar-refractivity contribution in [3.05, 3.63) is 39.9 Å². The molecular formula is C13H17N3O4. The lowest BCUT2D eigenvalue weighted by Gasteiger charge is -2.08. The Morgan fingerprint density at radius 2 is 2.05 bits per heavy atom. The van der Waals surface area contributed by atoms with Crippen LogP contribution in [0.5, 0.6) is 0 Å². The summed E-state index contributed by atoms with van der Waals surface area (Å²) in [4.78, 5) is 33.2. The normalized spacial score (nSPS) is 10.2. The van der Waals surface area contributed by atoms with Crippen LogP contribution >= 0.6 is 0 Å². The van der Waals surface area contributed by atoms with Crippen molar-refractivity contribution in [2.75, 3.05) is 6.54 Å². The maximum atomic E-state index is 11.8. The Kier molecular flexibility index (Phi) is 5.64. The topological polar surface area (TPSA) is 101 Å². The molecule has 7 nitrogen and oxygen atoms in total. The second-order valence-electron chi connectivity index (χ2n) is 4.54. The molecule has 0 aliphatic carbocycles. The molecule has 0 fully saturated rings. The van der Waals surface area contributed by atoms with E-state index in [1.807, 2.05) is 13.8 Å². The van der Waals surface area contributed by atoms with Gasteiger partial charge in [0, 0.05) is 36.7 Å². The summed E-state index contributed by atoms with van der Waals surface area (Å²) in [6.45, 7) is 3.87. The summed E-state index contributed by atoms with van der Waals surface area (Å²) in [6.07, 6.45) is 0.166. The average molecular weight is 279 g/mol. The minimum Gasteiger partial charge on any atom is -0.354 e. The summed E-state index contributed by atoms with van der Waals surface area (Å²) in [5.74, 6) is -0.592. The molecule has 0 saturated heterocycles. The van der Waals surface area contributed by atoms with Crippen molar-refractivity contribution in [2.45, 2.75) is 26.3 Å². The Hall–Kier alpha value is -2.44.